The lowest BCUT2D eigenvalue weighted by Gasteiger charge is -2.10. The van der Waals surface area contributed by atoms with Gasteiger partial charge in [0, 0.05) is 11.6 Å². The first-order valence-electron chi connectivity index (χ1n) is 5.37. The maximum Gasteiger partial charge on any atom is 0.146 e. The van der Waals surface area contributed by atoms with Crippen LogP contribution in [0.4, 0.5) is 5.69 Å². The number of nitrogens with one attached hydrogen (secondary N) is 1. The van der Waals surface area contributed by atoms with E-state index in [1.807, 2.05) is 6.92 Å². The summed E-state index contributed by atoms with van der Waals surface area (Å²) in [4.78, 5) is 4.16. The predicted octanol–water partition coefficient (Wildman–Crippen LogP) is 3.87. The van der Waals surface area contributed by atoms with Gasteiger partial charge in [-0.2, -0.15) is 5.10 Å². The minimum atomic E-state index is 0.482. The Hall–Kier alpha value is -0.970. The van der Waals surface area contributed by atoms with Gasteiger partial charge >= 0.3 is 0 Å². The number of benzene rings is 1. The molecule has 0 saturated carbocycles. The van der Waals surface area contributed by atoms with Gasteiger partial charge in [-0.15, -0.1) is 0 Å². The fourth-order valence-corrected chi connectivity index (χ4v) is 2.52. The molecule has 4 nitrogen and oxygen atoms in total. The Morgan fingerprint density at radius 1 is 1.22 bits per heavy atom. The maximum absolute atomic E-state index is 6.07. The Kier molecular flexibility index (Phi) is 4.32. The molecule has 0 aliphatic heterocycles. The number of halogens is 3. The third-order valence-electron chi connectivity index (χ3n) is 2.43. The summed E-state index contributed by atoms with van der Waals surface area (Å²) < 4.78 is 1.80. The molecule has 0 amide bonds. The molecule has 0 spiro atoms. The molecule has 0 unspecified atom stereocenters. The van der Waals surface area contributed by atoms with Crippen molar-refractivity contribution in [1.29, 1.82) is 0 Å². The first kappa shape index (κ1) is 13.5. The molecule has 96 valence electrons. The Labute approximate surface area is 120 Å². The molecule has 0 radical (unpaired) electrons. The summed E-state index contributed by atoms with van der Waals surface area (Å²) in [7, 11) is 0. The van der Waals surface area contributed by atoms with Gasteiger partial charge in [0.25, 0.3) is 0 Å². The quantitative estimate of drug-likeness (QED) is 0.932. The third-order valence-corrected chi connectivity index (χ3v) is 3.24. The zero-order valence-electron chi connectivity index (χ0n) is 9.62. The van der Waals surface area contributed by atoms with Crippen molar-refractivity contribution in [1.82, 2.24) is 14.8 Å². The standard InChI is InChI=1S/C11H11Cl3N4/c1-2-18-10(16-6-17-18)5-15-11-8(13)3-7(12)4-9(11)14/h3-4,6,15H,2,5H2,1H3. The summed E-state index contributed by atoms with van der Waals surface area (Å²) >= 11 is 18.0. The van der Waals surface area contributed by atoms with Gasteiger partial charge < -0.3 is 5.32 Å². The maximum atomic E-state index is 6.07. The summed E-state index contributed by atoms with van der Waals surface area (Å²) in [6, 6.07) is 3.28. The van der Waals surface area contributed by atoms with E-state index in [0.717, 1.165) is 12.4 Å². The van der Waals surface area contributed by atoms with Crippen molar-refractivity contribution >= 4 is 40.5 Å². The van der Waals surface area contributed by atoms with Crippen molar-refractivity contribution in [3.8, 4) is 0 Å². The van der Waals surface area contributed by atoms with Crippen LogP contribution in [0, 0.1) is 0 Å². The smallest absolute Gasteiger partial charge is 0.146 e. The molecule has 0 aliphatic rings. The molecular weight excluding hydrogens is 295 g/mol. The van der Waals surface area contributed by atoms with Crippen LogP contribution in [0.3, 0.4) is 0 Å². The largest absolute Gasteiger partial charge is 0.375 e. The SMILES string of the molecule is CCn1ncnc1CNc1c(Cl)cc(Cl)cc1Cl. The van der Waals surface area contributed by atoms with Crippen LogP contribution in [-0.2, 0) is 13.1 Å². The fraction of sp³-hybridized carbons (Fsp3) is 0.273. The highest BCUT2D eigenvalue weighted by molar-refractivity contribution is 6.41. The average Bonchev–Trinajstić information content (AvgIpc) is 2.75. The second-order valence-electron chi connectivity index (χ2n) is 3.59. The van der Waals surface area contributed by atoms with Gasteiger partial charge in [-0.3, -0.25) is 0 Å². The van der Waals surface area contributed by atoms with Crippen molar-refractivity contribution in [2.45, 2.75) is 20.0 Å². The van der Waals surface area contributed by atoms with Crippen molar-refractivity contribution in [2.75, 3.05) is 5.32 Å². The first-order chi connectivity index (χ1) is 8.61. The van der Waals surface area contributed by atoms with Gasteiger partial charge in [-0.05, 0) is 19.1 Å². The summed E-state index contributed by atoms with van der Waals surface area (Å²) in [5, 5.41) is 8.69. The molecule has 0 bridgehead atoms. The molecule has 1 N–H and O–H groups in total. The summed E-state index contributed by atoms with van der Waals surface area (Å²) in [6.07, 6.45) is 1.52. The van der Waals surface area contributed by atoms with Crippen LogP contribution in [0.25, 0.3) is 0 Å². The number of hydrogen-bond acceptors (Lipinski definition) is 3. The van der Waals surface area contributed by atoms with E-state index in [1.165, 1.54) is 6.33 Å². The lowest BCUT2D eigenvalue weighted by Crippen LogP contribution is -2.09. The van der Waals surface area contributed by atoms with E-state index in [9.17, 15) is 0 Å². The van der Waals surface area contributed by atoms with Gasteiger partial charge in [0.1, 0.15) is 12.2 Å². The zero-order valence-corrected chi connectivity index (χ0v) is 11.9. The molecular formula is C11H11Cl3N4. The third kappa shape index (κ3) is 2.88. The van der Waals surface area contributed by atoms with Gasteiger partial charge in [-0.1, -0.05) is 34.8 Å². The van der Waals surface area contributed by atoms with Crippen molar-refractivity contribution in [3.05, 3.63) is 39.4 Å². The van der Waals surface area contributed by atoms with E-state index < -0.39 is 0 Å². The van der Waals surface area contributed by atoms with E-state index in [2.05, 4.69) is 15.4 Å². The van der Waals surface area contributed by atoms with Crippen LogP contribution in [-0.4, -0.2) is 14.8 Å². The zero-order chi connectivity index (χ0) is 13.1. The molecule has 2 aromatic rings. The van der Waals surface area contributed by atoms with Gasteiger partial charge in [0.05, 0.1) is 22.3 Å². The van der Waals surface area contributed by atoms with Crippen molar-refractivity contribution in [3.63, 3.8) is 0 Å². The van der Waals surface area contributed by atoms with E-state index in [-0.39, 0.29) is 0 Å². The number of anilines is 1. The van der Waals surface area contributed by atoms with Crippen LogP contribution in [0.5, 0.6) is 0 Å². The first-order valence-corrected chi connectivity index (χ1v) is 6.50. The summed E-state index contributed by atoms with van der Waals surface area (Å²) in [5.41, 5.74) is 0.647. The molecule has 1 aromatic carbocycles. The van der Waals surface area contributed by atoms with Gasteiger partial charge in [0.2, 0.25) is 0 Å². The minimum absolute atomic E-state index is 0.482. The number of nitrogens with zero attached hydrogens (tertiary/aromatic N) is 3. The normalized spacial score (nSPS) is 10.7. The predicted molar refractivity (Wildman–Crippen MR) is 74.5 cm³/mol. The minimum Gasteiger partial charge on any atom is -0.375 e. The molecule has 0 saturated heterocycles. The van der Waals surface area contributed by atoms with Crippen molar-refractivity contribution in [2.24, 2.45) is 0 Å². The fourth-order valence-electron chi connectivity index (χ4n) is 1.57. The van der Waals surface area contributed by atoms with Crippen molar-refractivity contribution < 1.29 is 0 Å². The molecule has 1 aromatic heterocycles. The van der Waals surface area contributed by atoms with Crippen LogP contribution < -0.4 is 5.32 Å². The van der Waals surface area contributed by atoms with Crippen LogP contribution in [0.15, 0.2) is 18.5 Å². The number of aromatic nitrogens is 3. The van der Waals surface area contributed by atoms with Crippen LogP contribution in [0.2, 0.25) is 15.1 Å². The summed E-state index contributed by atoms with van der Waals surface area (Å²) in [6.45, 7) is 3.26. The van der Waals surface area contributed by atoms with Gasteiger partial charge in [-0.25, -0.2) is 9.67 Å². The van der Waals surface area contributed by atoms with E-state index in [0.29, 0.717) is 27.3 Å². The highest BCUT2D eigenvalue weighted by atomic mass is 35.5. The van der Waals surface area contributed by atoms with E-state index in [1.54, 1.807) is 16.8 Å². The number of aryl methyl sites for hydroxylation is 1. The number of rotatable bonds is 4. The Morgan fingerprint density at radius 2 is 1.89 bits per heavy atom. The topological polar surface area (TPSA) is 42.7 Å². The van der Waals surface area contributed by atoms with Crippen LogP contribution in [0.1, 0.15) is 12.7 Å². The Morgan fingerprint density at radius 3 is 2.50 bits per heavy atom. The molecule has 0 fully saturated rings. The highest BCUT2D eigenvalue weighted by Crippen LogP contribution is 2.33. The highest BCUT2D eigenvalue weighted by Gasteiger charge is 2.09. The Balaban J connectivity index is 2.16. The molecule has 7 heteroatoms. The van der Waals surface area contributed by atoms with Crippen LogP contribution >= 0.6 is 34.8 Å². The molecule has 18 heavy (non-hydrogen) atoms. The number of hydrogen-bond donors (Lipinski definition) is 1. The lowest BCUT2D eigenvalue weighted by atomic mass is 10.3. The molecule has 0 aliphatic carbocycles. The molecule has 1 heterocycles. The van der Waals surface area contributed by atoms with E-state index in [4.69, 9.17) is 34.8 Å². The van der Waals surface area contributed by atoms with E-state index >= 15 is 0 Å². The summed E-state index contributed by atoms with van der Waals surface area (Å²) in [5.74, 6) is 0.819. The lowest BCUT2D eigenvalue weighted by molar-refractivity contribution is 0.622. The second-order valence-corrected chi connectivity index (χ2v) is 4.84. The molecule has 2 rings (SSSR count). The second kappa shape index (κ2) is 5.78. The molecule has 0 atom stereocenters. The Bertz CT molecular complexity index is 530. The monoisotopic (exact) mass is 304 g/mol. The average molecular weight is 306 g/mol. The van der Waals surface area contributed by atoms with Gasteiger partial charge in [0.15, 0.2) is 0 Å².